The third-order valence-electron chi connectivity index (χ3n) is 2.65. The van der Waals surface area contributed by atoms with Crippen LogP contribution in [0.5, 0.6) is 0 Å². The molecule has 0 spiro atoms. The minimum atomic E-state index is 0.0597. The second-order valence-electron chi connectivity index (χ2n) is 3.94. The van der Waals surface area contributed by atoms with Crippen LogP contribution in [0.15, 0.2) is 41.3 Å². The van der Waals surface area contributed by atoms with Crippen molar-refractivity contribution in [2.75, 3.05) is 13.6 Å². The summed E-state index contributed by atoms with van der Waals surface area (Å²) < 4.78 is 0. The van der Waals surface area contributed by atoms with Crippen molar-refractivity contribution in [2.45, 2.75) is 6.42 Å². The van der Waals surface area contributed by atoms with Gasteiger partial charge in [0.05, 0.1) is 0 Å². The van der Waals surface area contributed by atoms with Gasteiger partial charge in [0.15, 0.2) is 5.43 Å². The van der Waals surface area contributed by atoms with E-state index in [2.05, 4.69) is 22.5 Å². The summed E-state index contributed by atoms with van der Waals surface area (Å²) in [6.45, 7) is 0.973. The van der Waals surface area contributed by atoms with Crippen LogP contribution in [-0.4, -0.2) is 18.6 Å². The van der Waals surface area contributed by atoms with E-state index >= 15 is 0 Å². The van der Waals surface area contributed by atoms with Crippen LogP contribution < -0.4 is 10.7 Å². The minimum Gasteiger partial charge on any atom is -0.361 e. The van der Waals surface area contributed by atoms with E-state index in [1.54, 1.807) is 12.3 Å². The molecule has 0 fully saturated rings. The molecule has 1 aromatic carbocycles. The number of H-pyrrole nitrogens is 1. The zero-order valence-electron chi connectivity index (χ0n) is 9.86. The highest BCUT2D eigenvalue weighted by molar-refractivity contribution is 5.80. The quantitative estimate of drug-likeness (QED) is 0.788. The Kier molecular flexibility index (Phi) is 3.73. The number of hydrogen-bond donors (Lipinski definition) is 2. The molecule has 0 aliphatic rings. The number of rotatable bonds is 4. The second kappa shape index (κ2) is 5.46. The summed E-state index contributed by atoms with van der Waals surface area (Å²) in [5, 5.41) is 3.83. The summed E-state index contributed by atoms with van der Waals surface area (Å²) in [6, 6.07) is 7.37. The molecule has 0 amide bonds. The standard InChI is InChI=1S/C14H16N2O/c1-15-8-3-2-4-11-5-6-12-13(10-11)16-9-7-14(12)17/h2,4-7,9-10,15H,3,8H2,1H3,(H,16,17). The predicted octanol–water partition coefficient (Wildman–Crippen LogP) is 2.15. The molecule has 3 nitrogen and oxygen atoms in total. The fourth-order valence-corrected chi connectivity index (χ4v) is 1.74. The van der Waals surface area contributed by atoms with Gasteiger partial charge in [0.25, 0.3) is 0 Å². The van der Waals surface area contributed by atoms with Gasteiger partial charge in [-0.2, -0.15) is 0 Å². The van der Waals surface area contributed by atoms with E-state index in [4.69, 9.17) is 0 Å². The number of hydrogen-bond acceptors (Lipinski definition) is 2. The molecule has 2 rings (SSSR count). The van der Waals surface area contributed by atoms with Crippen molar-refractivity contribution in [1.82, 2.24) is 10.3 Å². The molecule has 1 heterocycles. The number of fused-ring (bicyclic) bond motifs is 1. The summed E-state index contributed by atoms with van der Waals surface area (Å²) in [5.41, 5.74) is 2.05. The normalized spacial score (nSPS) is 11.4. The Labute approximate surface area is 100 Å². The number of pyridine rings is 1. The first kappa shape index (κ1) is 11.6. The molecule has 2 aromatic rings. The third-order valence-corrected chi connectivity index (χ3v) is 2.65. The lowest BCUT2D eigenvalue weighted by Crippen LogP contribution is -2.05. The number of nitrogens with one attached hydrogen (secondary N) is 2. The van der Waals surface area contributed by atoms with Gasteiger partial charge in [0.1, 0.15) is 0 Å². The van der Waals surface area contributed by atoms with Crippen molar-refractivity contribution in [2.24, 2.45) is 0 Å². The molecule has 0 aliphatic carbocycles. The third kappa shape index (κ3) is 2.82. The van der Waals surface area contributed by atoms with Gasteiger partial charge in [-0.25, -0.2) is 0 Å². The predicted molar refractivity (Wildman–Crippen MR) is 72.1 cm³/mol. The number of aromatic amines is 1. The van der Waals surface area contributed by atoms with Crippen LogP contribution >= 0.6 is 0 Å². The van der Waals surface area contributed by atoms with E-state index in [1.807, 2.05) is 25.2 Å². The summed E-state index contributed by atoms with van der Waals surface area (Å²) in [7, 11) is 1.94. The Hall–Kier alpha value is -1.87. The van der Waals surface area contributed by atoms with Crippen molar-refractivity contribution < 1.29 is 0 Å². The van der Waals surface area contributed by atoms with Gasteiger partial charge in [-0.3, -0.25) is 4.79 Å². The van der Waals surface area contributed by atoms with Crippen molar-refractivity contribution in [3.8, 4) is 0 Å². The minimum absolute atomic E-state index is 0.0597. The highest BCUT2D eigenvalue weighted by Gasteiger charge is 1.97. The fourth-order valence-electron chi connectivity index (χ4n) is 1.74. The molecule has 0 atom stereocenters. The first-order valence-electron chi connectivity index (χ1n) is 5.74. The molecular formula is C14H16N2O. The molecule has 3 heteroatoms. The summed E-state index contributed by atoms with van der Waals surface area (Å²) in [4.78, 5) is 14.6. The van der Waals surface area contributed by atoms with Gasteiger partial charge >= 0.3 is 0 Å². The fraction of sp³-hybridized carbons (Fsp3) is 0.214. The lowest BCUT2D eigenvalue weighted by atomic mass is 10.1. The van der Waals surface area contributed by atoms with Crippen LogP contribution in [0.3, 0.4) is 0 Å². The maximum Gasteiger partial charge on any atom is 0.189 e. The number of benzene rings is 1. The largest absolute Gasteiger partial charge is 0.361 e. The molecule has 1 aromatic heterocycles. The molecule has 0 unspecified atom stereocenters. The second-order valence-corrected chi connectivity index (χ2v) is 3.94. The van der Waals surface area contributed by atoms with Gasteiger partial charge in [-0.15, -0.1) is 0 Å². The van der Waals surface area contributed by atoms with Crippen molar-refractivity contribution in [3.05, 3.63) is 52.3 Å². The lowest BCUT2D eigenvalue weighted by molar-refractivity contribution is 0.809. The van der Waals surface area contributed by atoms with Crippen LogP contribution in [0.4, 0.5) is 0 Å². The monoisotopic (exact) mass is 228 g/mol. The maximum atomic E-state index is 11.5. The van der Waals surface area contributed by atoms with Crippen LogP contribution in [-0.2, 0) is 0 Å². The van der Waals surface area contributed by atoms with Crippen LogP contribution in [0.2, 0.25) is 0 Å². The van der Waals surface area contributed by atoms with Gasteiger partial charge in [0.2, 0.25) is 0 Å². The van der Waals surface area contributed by atoms with Crippen LogP contribution in [0.1, 0.15) is 12.0 Å². The van der Waals surface area contributed by atoms with Crippen LogP contribution in [0, 0.1) is 0 Å². The highest BCUT2D eigenvalue weighted by atomic mass is 16.1. The van der Waals surface area contributed by atoms with E-state index in [9.17, 15) is 4.79 Å². The lowest BCUT2D eigenvalue weighted by Gasteiger charge is -1.99. The summed E-state index contributed by atoms with van der Waals surface area (Å²) >= 11 is 0. The van der Waals surface area contributed by atoms with E-state index in [0.717, 1.165) is 29.4 Å². The van der Waals surface area contributed by atoms with Crippen LogP contribution in [0.25, 0.3) is 17.0 Å². The Morgan fingerprint density at radius 1 is 1.35 bits per heavy atom. The topological polar surface area (TPSA) is 44.9 Å². The van der Waals surface area contributed by atoms with Crippen molar-refractivity contribution >= 4 is 17.0 Å². The Morgan fingerprint density at radius 2 is 2.24 bits per heavy atom. The van der Waals surface area contributed by atoms with Gasteiger partial charge < -0.3 is 10.3 Å². The van der Waals surface area contributed by atoms with Gasteiger partial charge in [-0.05, 0) is 37.7 Å². The smallest absolute Gasteiger partial charge is 0.189 e. The Balaban J connectivity index is 2.26. The van der Waals surface area contributed by atoms with Crippen molar-refractivity contribution in [3.63, 3.8) is 0 Å². The summed E-state index contributed by atoms with van der Waals surface area (Å²) in [5.74, 6) is 0. The highest BCUT2D eigenvalue weighted by Crippen LogP contribution is 2.11. The van der Waals surface area contributed by atoms with E-state index in [1.165, 1.54) is 0 Å². The maximum absolute atomic E-state index is 11.5. The first-order valence-corrected chi connectivity index (χ1v) is 5.74. The van der Waals surface area contributed by atoms with E-state index < -0.39 is 0 Å². The average molecular weight is 228 g/mol. The Bertz CT molecular complexity index is 584. The molecule has 17 heavy (non-hydrogen) atoms. The van der Waals surface area contributed by atoms with Gasteiger partial charge in [-0.1, -0.05) is 18.2 Å². The number of aromatic nitrogens is 1. The van der Waals surface area contributed by atoms with Gasteiger partial charge in [0, 0.05) is 23.2 Å². The first-order chi connectivity index (χ1) is 8.31. The molecule has 2 N–H and O–H groups in total. The molecule has 88 valence electrons. The molecule has 0 radical (unpaired) electrons. The molecule has 0 bridgehead atoms. The van der Waals surface area contributed by atoms with E-state index in [0.29, 0.717) is 0 Å². The molecule has 0 aliphatic heterocycles. The molecular weight excluding hydrogens is 212 g/mol. The zero-order valence-corrected chi connectivity index (χ0v) is 9.86. The molecule has 0 saturated heterocycles. The molecule has 0 saturated carbocycles. The van der Waals surface area contributed by atoms with Crippen molar-refractivity contribution in [1.29, 1.82) is 0 Å². The van der Waals surface area contributed by atoms with E-state index in [-0.39, 0.29) is 5.43 Å². The SMILES string of the molecule is CNCCC=Cc1ccc2c(=O)cc[nH]c2c1. The summed E-state index contributed by atoms with van der Waals surface area (Å²) in [6.07, 6.45) is 6.87. The zero-order chi connectivity index (χ0) is 12.1. The average Bonchev–Trinajstić information content (AvgIpc) is 2.35. The Morgan fingerprint density at radius 3 is 3.06 bits per heavy atom.